The molecular formula is C58H75N5O12. The van der Waals surface area contributed by atoms with Crippen LogP contribution in [0.3, 0.4) is 0 Å². The second-order valence-corrected chi connectivity index (χ2v) is 22.5. The van der Waals surface area contributed by atoms with Gasteiger partial charge in [-0.05, 0) is 56.6 Å². The number of nitrogens with zero attached hydrogens (tertiary/aromatic N) is 4. The van der Waals surface area contributed by atoms with E-state index in [0.29, 0.717) is 56.8 Å². The number of ketones is 1. The number of ether oxygens (including phenoxy) is 3. The molecule has 3 aromatic carbocycles. The van der Waals surface area contributed by atoms with E-state index in [0.717, 1.165) is 12.1 Å². The molecule has 6 aliphatic heterocycles. The average Bonchev–Trinajstić information content (AvgIpc) is 3.88. The van der Waals surface area contributed by atoms with E-state index < -0.39 is 94.8 Å². The number of fused-ring (bicyclic) bond motifs is 13. The molecule has 17 nitrogen and oxygen atoms in total. The number of esters is 1. The molecule has 0 aromatic heterocycles. The van der Waals surface area contributed by atoms with Gasteiger partial charge in [0, 0.05) is 93.2 Å². The molecule has 75 heavy (non-hydrogen) atoms. The van der Waals surface area contributed by atoms with Crippen molar-refractivity contribution in [3.05, 3.63) is 93.9 Å². The number of anilines is 1. The van der Waals surface area contributed by atoms with Gasteiger partial charge in [0.2, 0.25) is 5.91 Å². The first-order valence-corrected chi connectivity index (χ1v) is 26.5. The third kappa shape index (κ3) is 11.2. The summed E-state index contributed by atoms with van der Waals surface area (Å²) < 4.78 is 18.6. The van der Waals surface area contributed by atoms with E-state index in [9.17, 15) is 44.7 Å². The number of nitrogens with one attached hydrogen (secondary N) is 1. The lowest BCUT2D eigenvalue weighted by Gasteiger charge is -2.38. The Morgan fingerprint density at radius 2 is 1.59 bits per heavy atom. The minimum atomic E-state index is -1.96. The fraction of sp³-hybridized carbons (Fsp3) is 0.552. The largest absolute Gasteiger partial charge is 0.507 e. The number of aliphatic hydroxyl groups excluding tert-OH is 2. The van der Waals surface area contributed by atoms with Crippen molar-refractivity contribution in [3.63, 3.8) is 0 Å². The normalized spacial score (nSPS) is 29.6. The van der Waals surface area contributed by atoms with E-state index in [4.69, 9.17) is 19.2 Å². The van der Waals surface area contributed by atoms with Crippen LogP contribution < -0.4 is 20.8 Å². The molecule has 0 unspecified atom stereocenters. The Hall–Kier alpha value is -6.14. The fourth-order valence-corrected chi connectivity index (χ4v) is 11.5. The zero-order chi connectivity index (χ0) is 54.3. The number of aromatic hydroxyl groups is 2. The number of carbonyl (C=O) groups is 4. The highest BCUT2D eigenvalue weighted by Crippen LogP contribution is 2.51. The first-order valence-electron chi connectivity index (χ1n) is 26.5. The van der Waals surface area contributed by atoms with Crippen LogP contribution in [0.1, 0.15) is 115 Å². The third-order valence-electron chi connectivity index (χ3n) is 16.2. The fourth-order valence-electron chi connectivity index (χ4n) is 11.5. The Morgan fingerprint density at radius 1 is 0.907 bits per heavy atom. The summed E-state index contributed by atoms with van der Waals surface area (Å²) in [6.45, 7) is 18.7. The summed E-state index contributed by atoms with van der Waals surface area (Å²) in [6, 6.07) is 9.66. The predicted octanol–water partition coefficient (Wildman–Crippen LogP) is 6.09. The molecule has 0 radical (unpaired) electrons. The molecule has 0 aliphatic carbocycles. The molecule has 6 N–H and O–H groups in total. The summed E-state index contributed by atoms with van der Waals surface area (Å²) >= 11 is 0. The molecule has 2 fully saturated rings. The second kappa shape index (κ2) is 21.8. The van der Waals surface area contributed by atoms with Crippen molar-refractivity contribution in [2.45, 2.75) is 143 Å². The molecule has 5 bridgehead atoms. The van der Waals surface area contributed by atoms with Crippen molar-refractivity contribution in [1.29, 1.82) is 0 Å². The van der Waals surface area contributed by atoms with Crippen LogP contribution in [0.25, 0.3) is 10.8 Å². The van der Waals surface area contributed by atoms with E-state index in [1.165, 1.54) is 19.3 Å². The van der Waals surface area contributed by atoms with Crippen molar-refractivity contribution >= 4 is 40.0 Å². The molecule has 6 heterocycles. The molecule has 3 aromatic rings. The van der Waals surface area contributed by atoms with Gasteiger partial charge in [0.15, 0.2) is 5.75 Å². The van der Waals surface area contributed by atoms with Crippen molar-refractivity contribution in [2.75, 3.05) is 38.0 Å². The summed E-state index contributed by atoms with van der Waals surface area (Å²) in [5, 5.41) is 62.6. The molecule has 1 spiro atoms. The lowest BCUT2D eigenvalue weighted by atomic mass is 9.79. The Bertz CT molecular complexity index is 2920. The number of allylic oxidation sites excluding steroid dienone is 3. The van der Waals surface area contributed by atoms with E-state index >= 15 is 0 Å². The maximum atomic E-state index is 14.9. The number of hydrogen-bond donors (Lipinski definition) is 6. The zero-order valence-corrected chi connectivity index (χ0v) is 44.8. The van der Waals surface area contributed by atoms with Crippen LogP contribution in [0.4, 0.5) is 5.69 Å². The van der Waals surface area contributed by atoms with Crippen LogP contribution in [-0.4, -0.2) is 127 Å². The number of benzene rings is 3. The first kappa shape index (κ1) is 55.1. The van der Waals surface area contributed by atoms with Gasteiger partial charge in [-0.15, -0.1) is 0 Å². The molecule has 8 atom stereocenters. The van der Waals surface area contributed by atoms with Gasteiger partial charge in [0.25, 0.3) is 11.7 Å². The van der Waals surface area contributed by atoms with Crippen LogP contribution in [0.2, 0.25) is 0 Å². The summed E-state index contributed by atoms with van der Waals surface area (Å²) in [5.41, 5.74) is -0.174. The SMILES string of the molecule is C/C1=C/C=C/[C@H](C)[C@H](O)[C@@H](C)[C@@H](O)[C@@H](C)[C@H](OC(=O)CC(=O)N2CCC(O)(Cc3ccccc3)CC2)[C@H](C)C/C=C/O[C@@]2(C)Oc3c(C)c(O)c4c(O)c(c5c(c4c3C2=O)NC2(CCN(CC(C)C)CC2)N=5)=NC1=O. The Labute approximate surface area is 438 Å². The van der Waals surface area contributed by atoms with Crippen molar-refractivity contribution in [2.24, 2.45) is 39.6 Å². The monoisotopic (exact) mass is 1030 g/mol. The number of phenolic OH excluding ortho intramolecular Hbond substituents is 2. The molecule has 9 rings (SSSR count). The van der Waals surface area contributed by atoms with Crippen LogP contribution >= 0.6 is 0 Å². The number of rotatable bonds is 7. The minimum absolute atomic E-state index is 0.0452. The summed E-state index contributed by atoms with van der Waals surface area (Å²) in [7, 11) is 0. The van der Waals surface area contributed by atoms with Crippen LogP contribution in [0.15, 0.2) is 76.5 Å². The van der Waals surface area contributed by atoms with Crippen molar-refractivity contribution < 1.29 is 58.9 Å². The quantitative estimate of drug-likeness (QED) is 0.0892. The smallest absolute Gasteiger partial charge is 0.315 e. The van der Waals surface area contributed by atoms with E-state index in [1.807, 2.05) is 37.3 Å². The van der Waals surface area contributed by atoms with Gasteiger partial charge in [-0.1, -0.05) is 90.1 Å². The number of Topliss-reactive ketones (excluding diaryl/α,β-unsaturated/α-hetero) is 1. The highest BCUT2D eigenvalue weighted by atomic mass is 16.7. The van der Waals surface area contributed by atoms with Crippen LogP contribution in [0, 0.1) is 36.5 Å². The van der Waals surface area contributed by atoms with Gasteiger partial charge in [-0.3, -0.25) is 24.2 Å². The summed E-state index contributed by atoms with van der Waals surface area (Å²) in [5.74, 6) is -7.48. The summed E-state index contributed by atoms with van der Waals surface area (Å²) in [4.78, 5) is 69.7. The first-order chi connectivity index (χ1) is 35.4. The van der Waals surface area contributed by atoms with Gasteiger partial charge in [-0.25, -0.2) is 4.99 Å². The van der Waals surface area contributed by atoms with Gasteiger partial charge in [0.1, 0.15) is 40.4 Å². The minimum Gasteiger partial charge on any atom is -0.507 e. The molecular weight excluding hydrogens is 959 g/mol. The van der Waals surface area contributed by atoms with Gasteiger partial charge >= 0.3 is 11.8 Å². The number of piperidine rings is 2. The van der Waals surface area contributed by atoms with Crippen molar-refractivity contribution in [1.82, 2.24) is 9.80 Å². The second-order valence-electron chi connectivity index (χ2n) is 22.5. The third-order valence-corrected chi connectivity index (χ3v) is 16.2. The van der Waals surface area contributed by atoms with E-state index in [2.05, 4.69) is 29.1 Å². The Balaban J connectivity index is 1.11. The number of aliphatic hydroxyl groups is 3. The molecule has 0 saturated carbocycles. The van der Waals surface area contributed by atoms with Gasteiger partial charge < -0.3 is 54.9 Å². The predicted molar refractivity (Wildman–Crippen MR) is 281 cm³/mol. The average molecular weight is 1030 g/mol. The number of carbonyl (C=O) groups excluding carboxylic acids is 4. The van der Waals surface area contributed by atoms with Crippen molar-refractivity contribution in [3.8, 4) is 17.2 Å². The summed E-state index contributed by atoms with van der Waals surface area (Å²) in [6.07, 6.45) is 6.42. The van der Waals surface area contributed by atoms with Gasteiger partial charge in [0.05, 0.1) is 40.7 Å². The van der Waals surface area contributed by atoms with E-state index in [-0.39, 0.29) is 69.2 Å². The van der Waals surface area contributed by atoms with Crippen LogP contribution in [0.5, 0.6) is 17.2 Å². The van der Waals surface area contributed by atoms with Gasteiger partial charge in [-0.2, -0.15) is 0 Å². The van der Waals surface area contributed by atoms with E-state index in [1.54, 1.807) is 57.7 Å². The highest BCUT2D eigenvalue weighted by molar-refractivity contribution is 6.21. The molecule has 404 valence electrons. The standard InChI is InChI=1S/C58H75N5O12/c1-32(2)31-62-24-22-58(23-25-62)60-45-42-43-50(68)38(8)53-44(42)54(70)56(9,75-53)73-28-14-17-34(4)52(74-41(65)29-40(64)63-26-20-57(72,21-27-63)30-39-18-11-10-12-19-39)37(7)49(67)36(6)48(66)33(3)15-13-16-35(5)55(71)59-47(51(43)69)46(45)61-58/h10-16,18-19,28,32-34,36-37,48-49,52,60,66-69,72H,17,20-27,29-31H2,1-9H3/b15-13+,28-14+,35-16-,59-47?/t33-,34+,36+,37+,48-,49+,52+,56-/m0/s1. The zero-order valence-electron chi connectivity index (χ0n) is 44.8. The van der Waals surface area contributed by atoms with Crippen LogP contribution in [-0.2, 0) is 30.3 Å². The Kier molecular flexibility index (Phi) is 16.0. The molecule has 6 aliphatic rings. The Morgan fingerprint density at radius 3 is 2.25 bits per heavy atom. The highest BCUT2D eigenvalue weighted by Gasteiger charge is 2.51. The molecule has 2 amide bonds. The number of phenols is 2. The molecule has 2 saturated heterocycles. The maximum Gasteiger partial charge on any atom is 0.315 e. The maximum absolute atomic E-state index is 14.9. The molecule has 17 heteroatoms. The number of likely N-dealkylation sites (tertiary alicyclic amines) is 2. The lowest BCUT2D eigenvalue weighted by molar-refractivity contribution is -0.163. The topological polar surface area (TPSA) is 240 Å². The number of amides is 2. The number of hydrogen-bond acceptors (Lipinski definition) is 15. The lowest BCUT2D eigenvalue weighted by Crippen LogP contribution is -2.48.